The molecule has 14 rings (SSSR count). The van der Waals surface area contributed by atoms with Crippen LogP contribution in [0.15, 0.2) is 241 Å². The van der Waals surface area contributed by atoms with E-state index in [1.807, 2.05) is 30.3 Å². The van der Waals surface area contributed by atoms with Gasteiger partial charge >= 0.3 is 0 Å². The average Bonchev–Trinajstić information content (AvgIpc) is 4.09. The van der Waals surface area contributed by atoms with E-state index in [1.165, 1.54) is 59.1 Å². The number of aromatic nitrogens is 3. The molecule has 0 saturated carbocycles. The quantitative estimate of drug-likeness (QED) is 0.160. The van der Waals surface area contributed by atoms with Crippen molar-refractivity contribution < 1.29 is 4.42 Å². The third-order valence-electron chi connectivity index (χ3n) is 14.0. The molecule has 1 aliphatic carbocycles. The highest BCUT2D eigenvalue weighted by Crippen LogP contribution is 2.56. The van der Waals surface area contributed by atoms with Gasteiger partial charge in [-0.1, -0.05) is 188 Å². The number of thiophene rings is 1. The molecule has 0 aliphatic heterocycles. The van der Waals surface area contributed by atoms with E-state index in [9.17, 15) is 0 Å². The lowest BCUT2D eigenvalue weighted by Crippen LogP contribution is -2.28. The number of rotatable bonds is 7. The Morgan fingerprint density at radius 3 is 1.64 bits per heavy atom. The van der Waals surface area contributed by atoms with Crippen LogP contribution in [0, 0.1) is 0 Å². The molecule has 0 fully saturated rings. The highest BCUT2D eigenvalue weighted by molar-refractivity contribution is 7.25. The van der Waals surface area contributed by atoms with Crippen molar-refractivity contribution in [3.8, 4) is 67.5 Å². The van der Waals surface area contributed by atoms with Crippen molar-refractivity contribution in [3.05, 3.63) is 259 Å². The highest BCUT2D eigenvalue weighted by atomic mass is 32.1. The van der Waals surface area contributed by atoms with Gasteiger partial charge in [0.2, 0.25) is 0 Å². The van der Waals surface area contributed by atoms with Crippen LogP contribution < -0.4 is 0 Å². The predicted molar refractivity (Wildman–Crippen MR) is 284 cm³/mol. The Hall–Kier alpha value is -8.77. The van der Waals surface area contributed by atoms with Gasteiger partial charge in [-0.15, -0.1) is 11.3 Å². The molecule has 4 nitrogen and oxygen atoms in total. The molecule has 0 unspecified atom stereocenters. The zero-order valence-electron chi connectivity index (χ0n) is 37.2. The number of hydrogen-bond donors (Lipinski definition) is 0. The molecule has 0 amide bonds. The topological polar surface area (TPSA) is 51.8 Å². The molecule has 5 heteroatoms. The van der Waals surface area contributed by atoms with Crippen molar-refractivity contribution in [1.29, 1.82) is 0 Å². The third kappa shape index (κ3) is 6.25. The first-order valence-corrected chi connectivity index (χ1v) is 24.1. The maximum Gasteiger partial charge on any atom is 0.164 e. The van der Waals surface area contributed by atoms with E-state index in [0.29, 0.717) is 17.5 Å². The lowest BCUT2D eigenvalue weighted by Gasteiger charge is -2.34. The van der Waals surface area contributed by atoms with Gasteiger partial charge in [-0.05, 0) is 104 Å². The number of hydrogen-bond acceptors (Lipinski definition) is 5. The van der Waals surface area contributed by atoms with Crippen LogP contribution in [0.2, 0.25) is 0 Å². The van der Waals surface area contributed by atoms with Crippen LogP contribution in [0.3, 0.4) is 0 Å². The van der Waals surface area contributed by atoms with E-state index in [1.54, 1.807) is 11.3 Å². The van der Waals surface area contributed by atoms with Gasteiger partial charge < -0.3 is 4.42 Å². The Morgan fingerprint density at radius 1 is 0.319 bits per heavy atom. The molecule has 322 valence electrons. The van der Waals surface area contributed by atoms with Crippen LogP contribution in [0.1, 0.15) is 22.3 Å². The fourth-order valence-corrected chi connectivity index (χ4v) is 12.0. The van der Waals surface area contributed by atoms with Crippen LogP contribution in [0.25, 0.3) is 110 Å². The maximum atomic E-state index is 6.56. The summed E-state index contributed by atoms with van der Waals surface area (Å²) in [7, 11) is 0. The summed E-state index contributed by atoms with van der Waals surface area (Å²) in [4.78, 5) is 15.5. The number of benzene rings is 10. The molecule has 0 radical (unpaired) electrons. The lowest BCUT2D eigenvalue weighted by atomic mass is 9.67. The Morgan fingerprint density at radius 2 is 0.870 bits per heavy atom. The Balaban J connectivity index is 0.868. The molecule has 69 heavy (non-hydrogen) atoms. The number of fused-ring (bicyclic) bond motifs is 9. The molecule has 0 N–H and O–H groups in total. The molecule has 13 aromatic rings. The first-order valence-electron chi connectivity index (χ1n) is 23.3. The summed E-state index contributed by atoms with van der Waals surface area (Å²) in [5.41, 5.74) is 16.2. The summed E-state index contributed by atoms with van der Waals surface area (Å²) in [5, 5.41) is 4.42. The summed E-state index contributed by atoms with van der Waals surface area (Å²) in [6, 6.07) is 84.8. The van der Waals surface area contributed by atoms with Gasteiger partial charge in [-0.3, -0.25) is 0 Å². The molecule has 1 aliphatic rings. The first kappa shape index (κ1) is 39.4. The van der Waals surface area contributed by atoms with E-state index < -0.39 is 5.41 Å². The van der Waals surface area contributed by atoms with Crippen LogP contribution in [0.4, 0.5) is 0 Å². The van der Waals surface area contributed by atoms with E-state index in [2.05, 4.69) is 206 Å². The standard InChI is InChI=1S/C64H39N3OS/c1-4-15-42(16-5-1)61-65-62(45-33-36-59-52(38-45)50-22-11-13-26-58(50)69-59)67-63(66-61)51-23-14-25-57-60(51)53-37-43(32-35-56(53)68-57)40-27-29-41(30-28-40)44-31-34-49-48-21-10-12-24-54(48)64(55(49)39-44,46-17-6-2-7-18-46)47-19-8-3-9-20-47/h1-39H. The highest BCUT2D eigenvalue weighted by Gasteiger charge is 2.46. The van der Waals surface area contributed by atoms with E-state index in [-0.39, 0.29) is 0 Å². The van der Waals surface area contributed by atoms with E-state index in [4.69, 9.17) is 19.4 Å². The SMILES string of the molecule is c1ccc(-c2nc(-c3ccc4sc5ccccc5c4c3)nc(-c3cccc4oc5ccc(-c6ccc(-c7ccc8c(c7)C(c7ccccc7)(c7ccccc7)c7ccccc7-8)cc6)cc5c34)n2)cc1. The molecule has 3 heterocycles. The second kappa shape index (κ2) is 15.7. The largest absolute Gasteiger partial charge is 0.456 e. The van der Waals surface area contributed by atoms with E-state index in [0.717, 1.165) is 55.3 Å². The fraction of sp³-hybridized carbons (Fsp3) is 0.0156. The monoisotopic (exact) mass is 897 g/mol. The second-order valence-corrected chi connectivity index (χ2v) is 18.9. The smallest absolute Gasteiger partial charge is 0.164 e. The Labute approximate surface area is 402 Å². The molecule has 0 spiro atoms. The van der Waals surface area contributed by atoms with Gasteiger partial charge in [0.25, 0.3) is 0 Å². The van der Waals surface area contributed by atoms with Crippen LogP contribution in [-0.4, -0.2) is 15.0 Å². The van der Waals surface area contributed by atoms with Crippen molar-refractivity contribution in [2.75, 3.05) is 0 Å². The Kier molecular flexibility index (Phi) is 8.95. The summed E-state index contributed by atoms with van der Waals surface area (Å²) in [6.07, 6.45) is 0. The first-order chi connectivity index (χ1) is 34.2. The molecule has 3 aromatic heterocycles. The summed E-state index contributed by atoms with van der Waals surface area (Å²) < 4.78 is 9.06. The van der Waals surface area contributed by atoms with Crippen LogP contribution >= 0.6 is 11.3 Å². The molecule has 0 saturated heterocycles. The number of nitrogens with zero attached hydrogens (tertiary/aromatic N) is 3. The van der Waals surface area contributed by atoms with Gasteiger partial charge in [-0.25, -0.2) is 15.0 Å². The number of furan rings is 1. The zero-order chi connectivity index (χ0) is 45.5. The van der Waals surface area contributed by atoms with Crippen molar-refractivity contribution in [2.24, 2.45) is 0 Å². The lowest BCUT2D eigenvalue weighted by molar-refractivity contribution is 0.669. The van der Waals surface area contributed by atoms with Gasteiger partial charge in [0.1, 0.15) is 11.2 Å². The van der Waals surface area contributed by atoms with Crippen molar-refractivity contribution in [2.45, 2.75) is 5.41 Å². The molecule has 0 bridgehead atoms. The zero-order valence-corrected chi connectivity index (χ0v) is 38.0. The summed E-state index contributed by atoms with van der Waals surface area (Å²) in [5.74, 6) is 1.84. The van der Waals surface area contributed by atoms with Gasteiger partial charge in [-0.2, -0.15) is 0 Å². The minimum Gasteiger partial charge on any atom is -0.456 e. The van der Waals surface area contributed by atoms with Crippen molar-refractivity contribution in [3.63, 3.8) is 0 Å². The van der Waals surface area contributed by atoms with Crippen molar-refractivity contribution >= 4 is 53.4 Å². The van der Waals surface area contributed by atoms with E-state index >= 15 is 0 Å². The van der Waals surface area contributed by atoms with Gasteiger partial charge in [0, 0.05) is 47.6 Å². The second-order valence-electron chi connectivity index (χ2n) is 17.8. The summed E-state index contributed by atoms with van der Waals surface area (Å²) in [6.45, 7) is 0. The fourth-order valence-electron chi connectivity index (χ4n) is 10.9. The Bertz CT molecular complexity index is 4080. The molecular formula is C64H39N3OS. The predicted octanol–water partition coefficient (Wildman–Crippen LogP) is 16.8. The molecular weight excluding hydrogens is 859 g/mol. The normalized spacial score (nSPS) is 12.8. The third-order valence-corrected chi connectivity index (χ3v) is 15.2. The van der Waals surface area contributed by atoms with Crippen LogP contribution in [0.5, 0.6) is 0 Å². The van der Waals surface area contributed by atoms with Crippen molar-refractivity contribution in [1.82, 2.24) is 15.0 Å². The average molecular weight is 898 g/mol. The molecule has 10 aromatic carbocycles. The van der Waals surface area contributed by atoms with Gasteiger partial charge in [0.05, 0.1) is 5.41 Å². The van der Waals surface area contributed by atoms with Crippen LogP contribution in [-0.2, 0) is 5.41 Å². The molecule has 0 atom stereocenters. The minimum atomic E-state index is -0.453. The minimum absolute atomic E-state index is 0.453. The maximum absolute atomic E-state index is 6.56. The summed E-state index contributed by atoms with van der Waals surface area (Å²) >= 11 is 1.80. The van der Waals surface area contributed by atoms with Gasteiger partial charge in [0.15, 0.2) is 17.5 Å².